The average Bonchev–Trinajstić information content (AvgIpc) is 3.58. The van der Waals surface area contributed by atoms with Gasteiger partial charge in [0, 0.05) is 21.9 Å². The predicted octanol–water partition coefficient (Wildman–Crippen LogP) is 11.9. The Bertz CT molecular complexity index is 2860. The summed E-state index contributed by atoms with van der Waals surface area (Å²) in [4.78, 5) is 20.3. The third kappa shape index (κ3) is 5.43. The summed E-state index contributed by atoms with van der Waals surface area (Å²) in [6.07, 6.45) is 0. The Kier molecular flexibility index (Phi) is 7.40. The van der Waals surface area contributed by atoms with Gasteiger partial charge in [-0.25, -0.2) is 19.9 Å². The van der Waals surface area contributed by atoms with Gasteiger partial charge in [0.05, 0.1) is 11.0 Å². The van der Waals surface area contributed by atoms with Gasteiger partial charge in [-0.15, -0.1) is 0 Å². The van der Waals surface area contributed by atoms with Crippen LogP contribution in [-0.4, -0.2) is 24.5 Å². The lowest BCUT2D eigenvalue weighted by Gasteiger charge is -2.13. The van der Waals surface area contributed by atoms with Crippen molar-refractivity contribution in [3.8, 4) is 62.4 Å². The number of aromatic nitrogens is 5. The molecule has 0 aliphatic carbocycles. The first-order chi connectivity index (χ1) is 26.3. The molecule has 0 unspecified atom stereocenters. The predicted molar refractivity (Wildman–Crippen MR) is 217 cm³/mol. The minimum Gasteiger partial charge on any atom is -0.294 e. The highest BCUT2D eigenvalue weighted by Gasteiger charge is 2.20. The van der Waals surface area contributed by atoms with Crippen molar-refractivity contribution in [3.63, 3.8) is 0 Å². The second-order valence-corrected chi connectivity index (χ2v) is 13.1. The molecule has 0 radical (unpaired) electrons. The van der Waals surface area contributed by atoms with Gasteiger partial charge in [0.25, 0.3) is 0 Å². The van der Waals surface area contributed by atoms with Gasteiger partial charge in [-0.05, 0) is 57.3 Å². The lowest BCUT2D eigenvalue weighted by molar-refractivity contribution is 1.03. The van der Waals surface area contributed by atoms with Gasteiger partial charge in [-0.1, -0.05) is 164 Å². The zero-order valence-electron chi connectivity index (χ0n) is 28.6. The van der Waals surface area contributed by atoms with Gasteiger partial charge in [0.1, 0.15) is 11.5 Å². The van der Waals surface area contributed by atoms with Crippen molar-refractivity contribution in [2.45, 2.75) is 0 Å². The van der Waals surface area contributed by atoms with Gasteiger partial charge in [0.15, 0.2) is 17.5 Å². The maximum atomic E-state index is 5.35. The van der Waals surface area contributed by atoms with Crippen LogP contribution < -0.4 is 0 Å². The molecule has 0 saturated carbocycles. The van der Waals surface area contributed by atoms with Gasteiger partial charge < -0.3 is 0 Å². The van der Waals surface area contributed by atoms with Gasteiger partial charge in [-0.3, -0.25) is 4.57 Å². The molecular weight excluding hydrogens is 647 g/mol. The highest BCUT2D eigenvalue weighted by atomic mass is 15.1. The number of fused-ring (bicyclic) bond motifs is 5. The molecule has 5 nitrogen and oxygen atoms in total. The van der Waals surface area contributed by atoms with Gasteiger partial charge in [0.2, 0.25) is 0 Å². The van der Waals surface area contributed by atoms with E-state index in [1.54, 1.807) is 0 Å². The third-order valence-corrected chi connectivity index (χ3v) is 9.86. The molecule has 0 amide bonds. The van der Waals surface area contributed by atoms with Crippen molar-refractivity contribution in [3.05, 3.63) is 188 Å². The van der Waals surface area contributed by atoms with E-state index >= 15 is 0 Å². The van der Waals surface area contributed by atoms with Gasteiger partial charge >= 0.3 is 0 Å². The van der Waals surface area contributed by atoms with E-state index in [1.165, 1.54) is 32.7 Å². The molecule has 0 aliphatic rings. The van der Waals surface area contributed by atoms with Gasteiger partial charge in [-0.2, -0.15) is 0 Å². The SMILES string of the molecule is c1ccc(-c2ccc3c4c5ccccc5c(-c5ccccc5)cc4n(-c4cccc(-c5nc(-c6ccccc6)nc(-c6ccccc6)n5)n4)c3c2)cc1. The molecule has 3 heterocycles. The normalized spacial score (nSPS) is 11.4. The smallest absolute Gasteiger partial charge is 0.182 e. The van der Waals surface area contributed by atoms with E-state index in [4.69, 9.17) is 19.9 Å². The van der Waals surface area contributed by atoms with Crippen LogP contribution in [0.4, 0.5) is 0 Å². The fraction of sp³-hybridized carbons (Fsp3) is 0. The van der Waals surface area contributed by atoms with E-state index in [1.807, 2.05) is 72.8 Å². The summed E-state index contributed by atoms with van der Waals surface area (Å²) in [7, 11) is 0. The molecule has 5 heteroatoms. The quantitative estimate of drug-likeness (QED) is 0.176. The van der Waals surface area contributed by atoms with E-state index < -0.39 is 0 Å². The molecule has 10 rings (SSSR count). The second-order valence-electron chi connectivity index (χ2n) is 13.1. The molecule has 248 valence electrons. The summed E-state index contributed by atoms with van der Waals surface area (Å²) >= 11 is 0. The van der Waals surface area contributed by atoms with Crippen LogP contribution in [0.3, 0.4) is 0 Å². The van der Waals surface area contributed by atoms with Crippen molar-refractivity contribution >= 4 is 32.6 Å². The fourth-order valence-corrected chi connectivity index (χ4v) is 7.39. The molecular formula is C48H31N5. The Labute approximate surface area is 306 Å². The van der Waals surface area contributed by atoms with Crippen LogP contribution in [0.2, 0.25) is 0 Å². The van der Waals surface area contributed by atoms with Crippen LogP contribution in [0.5, 0.6) is 0 Å². The van der Waals surface area contributed by atoms with Crippen LogP contribution in [0.15, 0.2) is 188 Å². The minimum atomic E-state index is 0.515. The van der Waals surface area contributed by atoms with E-state index in [9.17, 15) is 0 Å². The third-order valence-electron chi connectivity index (χ3n) is 9.86. The summed E-state index contributed by atoms with van der Waals surface area (Å²) in [6, 6.07) is 65.2. The Morgan fingerprint density at radius 2 is 0.868 bits per heavy atom. The fourth-order valence-electron chi connectivity index (χ4n) is 7.39. The largest absolute Gasteiger partial charge is 0.294 e. The summed E-state index contributed by atoms with van der Waals surface area (Å²) in [5.41, 5.74) is 9.30. The number of benzene rings is 7. The first-order valence-corrected chi connectivity index (χ1v) is 17.7. The lowest BCUT2D eigenvalue weighted by atomic mass is 9.94. The van der Waals surface area contributed by atoms with Crippen LogP contribution in [0.25, 0.3) is 94.9 Å². The van der Waals surface area contributed by atoms with Crippen molar-refractivity contribution in [2.24, 2.45) is 0 Å². The summed E-state index contributed by atoms with van der Waals surface area (Å²) < 4.78 is 2.30. The molecule has 0 bridgehead atoms. The van der Waals surface area contributed by atoms with Crippen molar-refractivity contribution in [1.82, 2.24) is 24.5 Å². The minimum absolute atomic E-state index is 0.515. The average molecular weight is 678 g/mol. The highest BCUT2D eigenvalue weighted by molar-refractivity contribution is 6.24. The molecule has 0 N–H and O–H groups in total. The van der Waals surface area contributed by atoms with Crippen LogP contribution in [0, 0.1) is 0 Å². The van der Waals surface area contributed by atoms with Crippen LogP contribution in [0.1, 0.15) is 0 Å². The number of pyridine rings is 1. The second kappa shape index (κ2) is 12.8. The summed E-state index contributed by atoms with van der Waals surface area (Å²) in [5.74, 6) is 2.50. The Balaban J connectivity index is 1.25. The number of hydrogen-bond acceptors (Lipinski definition) is 4. The van der Waals surface area contributed by atoms with Crippen molar-refractivity contribution < 1.29 is 0 Å². The zero-order valence-corrected chi connectivity index (χ0v) is 28.6. The zero-order chi connectivity index (χ0) is 35.1. The van der Waals surface area contributed by atoms with E-state index in [0.29, 0.717) is 23.2 Å². The molecule has 10 aromatic rings. The van der Waals surface area contributed by atoms with Crippen molar-refractivity contribution in [2.75, 3.05) is 0 Å². The Morgan fingerprint density at radius 1 is 0.321 bits per heavy atom. The first kappa shape index (κ1) is 30.6. The number of rotatable bonds is 6. The van der Waals surface area contributed by atoms with Crippen LogP contribution >= 0.6 is 0 Å². The monoisotopic (exact) mass is 677 g/mol. The molecule has 7 aromatic carbocycles. The Morgan fingerprint density at radius 3 is 1.51 bits per heavy atom. The van der Waals surface area contributed by atoms with Crippen LogP contribution in [-0.2, 0) is 0 Å². The molecule has 0 fully saturated rings. The maximum absolute atomic E-state index is 5.35. The molecule has 3 aromatic heterocycles. The Hall–Kier alpha value is -7.24. The first-order valence-electron chi connectivity index (χ1n) is 17.7. The van der Waals surface area contributed by atoms with E-state index in [-0.39, 0.29) is 0 Å². The lowest BCUT2D eigenvalue weighted by Crippen LogP contribution is -2.03. The van der Waals surface area contributed by atoms with Crippen molar-refractivity contribution in [1.29, 1.82) is 0 Å². The summed E-state index contributed by atoms with van der Waals surface area (Å²) in [6.45, 7) is 0. The molecule has 0 spiro atoms. The number of nitrogens with zero attached hydrogens (tertiary/aromatic N) is 5. The molecule has 0 atom stereocenters. The number of hydrogen-bond donors (Lipinski definition) is 0. The highest BCUT2D eigenvalue weighted by Crippen LogP contribution is 2.42. The molecule has 53 heavy (non-hydrogen) atoms. The summed E-state index contributed by atoms with van der Waals surface area (Å²) in [5, 5.41) is 4.78. The standard InChI is InChI=1S/C48H31N5/c1-5-16-32(17-6-1)36-28-29-39-42(30-36)53(43-31-40(33-18-7-2-8-19-33)37-24-13-14-25-38(37)45(39)43)44-27-15-26-41(49-44)48-51-46(34-20-9-3-10-21-34)50-47(52-48)35-22-11-4-12-23-35/h1-31H. The van der Waals surface area contributed by atoms with E-state index in [0.717, 1.165) is 39.1 Å². The topological polar surface area (TPSA) is 56.5 Å². The molecule has 0 aliphatic heterocycles. The molecule has 0 saturated heterocycles. The van der Waals surface area contributed by atoms with E-state index in [2.05, 4.69) is 120 Å². The maximum Gasteiger partial charge on any atom is 0.182 e.